The van der Waals surface area contributed by atoms with Crippen molar-refractivity contribution in [2.75, 3.05) is 37.6 Å². The molecule has 0 saturated carbocycles. The summed E-state index contributed by atoms with van der Waals surface area (Å²) in [6, 6.07) is 3.80. The molecular formula is C13H21N5. The maximum atomic E-state index is 7.64. The van der Waals surface area contributed by atoms with E-state index in [1.54, 1.807) is 0 Å². The Kier molecular flexibility index (Phi) is 3.81. The fourth-order valence-electron chi connectivity index (χ4n) is 2.27. The Morgan fingerprint density at radius 3 is 2.56 bits per heavy atom. The van der Waals surface area contributed by atoms with Gasteiger partial charge in [-0.25, -0.2) is 4.98 Å². The van der Waals surface area contributed by atoms with Crippen LogP contribution < -0.4 is 10.6 Å². The lowest BCUT2D eigenvalue weighted by atomic mass is 10.2. The zero-order valence-corrected chi connectivity index (χ0v) is 11.1. The third-order valence-corrected chi connectivity index (χ3v) is 3.42. The molecule has 1 saturated heterocycles. The summed E-state index contributed by atoms with van der Waals surface area (Å²) in [7, 11) is 0. The van der Waals surface area contributed by atoms with Crippen LogP contribution in [0.3, 0.4) is 0 Å². The summed E-state index contributed by atoms with van der Waals surface area (Å²) in [6.07, 6.45) is 0. The normalized spacial score (nSPS) is 16.9. The molecule has 1 aromatic heterocycles. The van der Waals surface area contributed by atoms with E-state index in [-0.39, 0.29) is 5.84 Å². The molecule has 1 fully saturated rings. The number of nitrogen functional groups attached to an aromatic ring is 1. The van der Waals surface area contributed by atoms with Crippen molar-refractivity contribution in [2.45, 2.75) is 13.8 Å². The molecule has 0 radical (unpaired) electrons. The number of nitrogens with two attached hydrogens (primary N) is 1. The van der Waals surface area contributed by atoms with E-state index in [0.29, 0.717) is 0 Å². The summed E-state index contributed by atoms with van der Waals surface area (Å²) in [4.78, 5) is 9.20. The van der Waals surface area contributed by atoms with Crippen LogP contribution in [0.2, 0.25) is 0 Å². The molecule has 98 valence electrons. The van der Waals surface area contributed by atoms with Gasteiger partial charge in [0.15, 0.2) is 0 Å². The number of pyridine rings is 1. The highest BCUT2D eigenvalue weighted by Gasteiger charge is 2.20. The van der Waals surface area contributed by atoms with Crippen LogP contribution in [0.5, 0.6) is 0 Å². The third-order valence-electron chi connectivity index (χ3n) is 3.42. The highest BCUT2D eigenvalue weighted by atomic mass is 15.3. The van der Waals surface area contributed by atoms with E-state index < -0.39 is 0 Å². The first kappa shape index (κ1) is 12.8. The van der Waals surface area contributed by atoms with Crippen molar-refractivity contribution >= 4 is 11.7 Å². The smallest absolute Gasteiger partial charge is 0.139 e. The maximum Gasteiger partial charge on any atom is 0.139 e. The minimum Gasteiger partial charge on any atom is -0.384 e. The summed E-state index contributed by atoms with van der Waals surface area (Å²) >= 11 is 0. The van der Waals surface area contributed by atoms with Gasteiger partial charge in [-0.05, 0) is 25.6 Å². The van der Waals surface area contributed by atoms with Gasteiger partial charge in [0.2, 0.25) is 0 Å². The van der Waals surface area contributed by atoms with Crippen molar-refractivity contribution < 1.29 is 0 Å². The molecule has 2 heterocycles. The monoisotopic (exact) mass is 247 g/mol. The van der Waals surface area contributed by atoms with E-state index in [1.807, 2.05) is 19.1 Å². The molecule has 1 aromatic rings. The number of aryl methyl sites for hydroxylation is 1. The van der Waals surface area contributed by atoms with Gasteiger partial charge < -0.3 is 15.5 Å². The molecule has 0 atom stereocenters. The molecule has 0 aliphatic carbocycles. The first-order valence-electron chi connectivity index (χ1n) is 6.41. The van der Waals surface area contributed by atoms with E-state index in [2.05, 4.69) is 21.7 Å². The number of amidine groups is 1. The van der Waals surface area contributed by atoms with Crippen molar-refractivity contribution in [1.82, 2.24) is 9.88 Å². The predicted octanol–water partition coefficient (Wildman–Crippen LogP) is 0.816. The van der Waals surface area contributed by atoms with Crippen LogP contribution in [0.4, 0.5) is 5.82 Å². The minimum atomic E-state index is 0.0930. The van der Waals surface area contributed by atoms with Crippen molar-refractivity contribution in [3.63, 3.8) is 0 Å². The zero-order valence-electron chi connectivity index (χ0n) is 11.1. The molecule has 2 rings (SSSR count). The van der Waals surface area contributed by atoms with Crippen LogP contribution in [0.25, 0.3) is 0 Å². The number of nitrogens with zero attached hydrogens (tertiary/aromatic N) is 3. The van der Waals surface area contributed by atoms with E-state index >= 15 is 0 Å². The van der Waals surface area contributed by atoms with Crippen LogP contribution >= 0.6 is 0 Å². The Morgan fingerprint density at radius 1 is 1.33 bits per heavy atom. The number of anilines is 1. The van der Waals surface area contributed by atoms with Gasteiger partial charge in [-0.15, -0.1) is 0 Å². The highest BCUT2D eigenvalue weighted by Crippen LogP contribution is 2.19. The van der Waals surface area contributed by atoms with Gasteiger partial charge in [0, 0.05) is 31.9 Å². The Hall–Kier alpha value is -1.62. The Labute approximate surface area is 108 Å². The van der Waals surface area contributed by atoms with Crippen molar-refractivity contribution in [3.05, 3.63) is 23.4 Å². The van der Waals surface area contributed by atoms with Gasteiger partial charge in [-0.2, -0.15) is 0 Å². The van der Waals surface area contributed by atoms with Crippen molar-refractivity contribution in [2.24, 2.45) is 5.73 Å². The van der Waals surface area contributed by atoms with Gasteiger partial charge in [0.1, 0.15) is 11.7 Å². The molecular weight excluding hydrogens is 226 g/mol. The lowest BCUT2D eigenvalue weighted by Gasteiger charge is -2.35. The fraction of sp³-hybridized carbons (Fsp3) is 0.538. The van der Waals surface area contributed by atoms with Crippen LogP contribution in [0.1, 0.15) is 18.2 Å². The molecule has 5 nitrogen and oxygen atoms in total. The molecule has 0 amide bonds. The standard InChI is InChI=1S/C13H21N5/c1-3-17-6-8-18(9-7-17)13-11(12(14)15)5-4-10(2)16-13/h4-5H,3,6-9H2,1-2H3,(H3,14,15). The molecule has 0 unspecified atom stereocenters. The average molecular weight is 247 g/mol. The van der Waals surface area contributed by atoms with E-state index in [1.165, 1.54) is 0 Å². The fourth-order valence-corrected chi connectivity index (χ4v) is 2.27. The number of likely N-dealkylation sites (N-methyl/N-ethyl adjacent to an activating group) is 1. The summed E-state index contributed by atoms with van der Waals surface area (Å²) < 4.78 is 0. The van der Waals surface area contributed by atoms with Gasteiger partial charge in [0.05, 0.1) is 5.56 Å². The Balaban J connectivity index is 2.22. The molecule has 3 N–H and O–H groups in total. The van der Waals surface area contributed by atoms with Crippen LogP contribution in [-0.2, 0) is 0 Å². The first-order valence-corrected chi connectivity index (χ1v) is 6.41. The highest BCUT2D eigenvalue weighted by molar-refractivity contribution is 5.99. The van der Waals surface area contributed by atoms with Gasteiger partial charge in [-0.3, -0.25) is 5.41 Å². The largest absolute Gasteiger partial charge is 0.384 e. The number of hydrogen-bond acceptors (Lipinski definition) is 4. The van der Waals surface area contributed by atoms with Crippen molar-refractivity contribution in [1.29, 1.82) is 5.41 Å². The molecule has 0 aromatic carbocycles. The number of piperazine rings is 1. The van der Waals surface area contributed by atoms with Crippen LogP contribution in [0.15, 0.2) is 12.1 Å². The second-order valence-corrected chi connectivity index (χ2v) is 4.66. The molecule has 5 heteroatoms. The summed E-state index contributed by atoms with van der Waals surface area (Å²) in [6.45, 7) is 9.23. The summed E-state index contributed by atoms with van der Waals surface area (Å²) in [5.41, 5.74) is 7.34. The topological polar surface area (TPSA) is 69.2 Å². The molecule has 0 bridgehead atoms. The first-order chi connectivity index (χ1) is 8.61. The maximum absolute atomic E-state index is 7.64. The van der Waals surface area contributed by atoms with Gasteiger partial charge >= 0.3 is 0 Å². The average Bonchev–Trinajstić information content (AvgIpc) is 2.38. The number of aromatic nitrogens is 1. The summed E-state index contributed by atoms with van der Waals surface area (Å²) in [5, 5.41) is 7.64. The van der Waals surface area contributed by atoms with E-state index in [0.717, 1.165) is 49.8 Å². The molecule has 18 heavy (non-hydrogen) atoms. The van der Waals surface area contributed by atoms with Gasteiger partial charge in [0.25, 0.3) is 0 Å². The van der Waals surface area contributed by atoms with Crippen molar-refractivity contribution in [3.8, 4) is 0 Å². The molecule has 1 aliphatic rings. The quantitative estimate of drug-likeness (QED) is 0.613. The SMILES string of the molecule is CCN1CCN(c2nc(C)ccc2C(=N)N)CC1. The Bertz CT molecular complexity index is 435. The lowest BCUT2D eigenvalue weighted by Crippen LogP contribution is -2.47. The number of rotatable bonds is 3. The Morgan fingerprint density at radius 2 is 2.00 bits per heavy atom. The minimum absolute atomic E-state index is 0.0930. The van der Waals surface area contributed by atoms with Crippen LogP contribution in [0, 0.1) is 12.3 Å². The lowest BCUT2D eigenvalue weighted by molar-refractivity contribution is 0.270. The summed E-state index contributed by atoms with van der Waals surface area (Å²) in [5.74, 6) is 0.952. The predicted molar refractivity (Wildman–Crippen MR) is 74.3 cm³/mol. The third kappa shape index (κ3) is 2.61. The van der Waals surface area contributed by atoms with E-state index in [4.69, 9.17) is 11.1 Å². The zero-order chi connectivity index (χ0) is 13.1. The van der Waals surface area contributed by atoms with Gasteiger partial charge in [-0.1, -0.05) is 6.92 Å². The van der Waals surface area contributed by atoms with E-state index in [9.17, 15) is 0 Å². The number of hydrogen-bond donors (Lipinski definition) is 2. The molecule has 0 spiro atoms. The second-order valence-electron chi connectivity index (χ2n) is 4.66. The molecule has 1 aliphatic heterocycles. The van der Waals surface area contributed by atoms with Crippen LogP contribution in [-0.4, -0.2) is 48.4 Å². The number of nitrogens with one attached hydrogen (secondary N) is 1. The second kappa shape index (κ2) is 5.35.